The van der Waals surface area contributed by atoms with Gasteiger partial charge >= 0.3 is 0 Å². The van der Waals surface area contributed by atoms with Crippen LogP contribution >= 0.6 is 15.9 Å². The molecule has 3 aliphatic heterocycles. The van der Waals surface area contributed by atoms with Crippen molar-refractivity contribution in [2.45, 2.75) is 24.9 Å². The molecule has 110 valence electrons. The second-order valence-electron chi connectivity index (χ2n) is 6.34. The van der Waals surface area contributed by atoms with Gasteiger partial charge in [-0.1, -0.05) is 28.1 Å². The van der Waals surface area contributed by atoms with Crippen LogP contribution in [0.1, 0.15) is 18.4 Å². The minimum Gasteiger partial charge on any atom is -0.329 e. The van der Waals surface area contributed by atoms with Crippen LogP contribution in [0.15, 0.2) is 28.7 Å². The number of fused-ring (bicyclic) bond motifs is 3. The topological polar surface area (TPSA) is 32.5 Å². The normalized spacial score (nSPS) is 32.8. The summed E-state index contributed by atoms with van der Waals surface area (Å²) in [7, 11) is 2.25. The maximum Gasteiger partial charge on any atom is 0.0487 e. The van der Waals surface area contributed by atoms with E-state index < -0.39 is 0 Å². The molecule has 1 aromatic carbocycles. The highest BCUT2D eigenvalue weighted by Gasteiger charge is 2.48. The van der Waals surface area contributed by atoms with Crippen molar-refractivity contribution >= 4 is 15.9 Å². The van der Waals surface area contributed by atoms with Crippen molar-refractivity contribution in [2.24, 2.45) is 11.7 Å². The molecular weight excluding hydrogens is 314 g/mol. The van der Waals surface area contributed by atoms with Gasteiger partial charge in [-0.05, 0) is 56.6 Å². The lowest BCUT2D eigenvalue weighted by atomic mass is 9.71. The molecule has 0 saturated carbocycles. The third-order valence-electron chi connectivity index (χ3n) is 5.29. The molecule has 0 aliphatic carbocycles. The monoisotopic (exact) mass is 337 g/mol. The van der Waals surface area contributed by atoms with E-state index in [1.165, 1.54) is 31.5 Å². The van der Waals surface area contributed by atoms with Crippen molar-refractivity contribution in [3.63, 3.8) is 0 Å². The van der Waals surface area contributed by atoms with Crippen LogP contribution in [0.4, 0.5) is 0 Å². The zero-order valence-electron chi connectivity index (χ0n) is 12.2. The third-order valence-corrected chi connectivity index (χ3v) is 5.82. The Kier molecular flexibility index (Phi) is 4.18. The molecular formula is C16H24BrN3. The van der Waals surface area contributed by atoms with Gasteiger partial charge in [0.05, 0.1) is 0 Å². The second-order valence-corrected chi connectivity index (χ2v) is 7.26. The van der Waals surface area contributed by atoms with E-state index in [1.807, 2.05) is 0 Å². The minimum absolute atomic E-state index is 0.170. The first-order valence-corrected chi connectivity index (χ1v) is 8.31. The molecule has 0 aromatic heterocycles. The van der Waals surface area contributed by atoms with E-state index in [0.717, 1.165) is 30.0 Å². The van der Waals surface area contributed by atoms with Crippen LogP contribution in [0, 0.1) is 5.92 Å². The van der Waals surface area contributed by atoms with Gasteiger partial charge < -0.3 is 10.6 Å². The third kappa shape index (κ3) is 2.54. The lowest BCUT2D eigenvalue weighted by molar-refractivity contribution is -0.0596. The summed E-state index contributed by atoms with van der Waals surface area (Å²) in [5, 5.41) is 0. The fourth-order valence-electron chi connectivity index (χ4n) is 3.99. The number of hydrogen-bond acceptors (Lipinski definition) is 3. The van der Waals surface area contributed by atoms with E-state index in [9.17, 15) is 0 Å². The molecule has 3 saturated heterocycles. The predicted octanol–water partition coefficient (Wildman–Crippen LogP) is 2.30. The van der Waals surface area contributed by atoms with Crippen molar-refractivity contribution in [3.8, 4) is 0 Å². The van der Waals surface area contributed by atoms with Gasteiger partial charge in [-0.15, -0.1) is 0 Å². The molecule has 2 N–H and O–H groups in total. The molecule has 1 unspecified atom stereocenters. The fourth-order valence-corrected chi connectivity index (χ4v) is 4.25. The minimum atomic E-state index is 0.170. The average molecular weight is 338 g/mol. The van der Waals surface area contributed by atoms with Gasteiger partial charge in [0.1, 0.15) is 0 Å². The van der Waals surface area contributed by atoms with Crippen LogP contribution in [-0.4, -0.2) is 48.6 Å². The standard InChI is InChI=1S/C16H24BrN3/c1-19(10-13-2-4-15(17)5-3-13)16(11-18)12-20-8-6-14(16)7-9-20/h2-5,14H,6-12,18H2,1H3. The number of nitrogens with two attached hydrogens (primary N) is 1. The van der Waals surface area contributed by atoms with Gasteiger partial charge in [0.25, 0.3) is 0 Å². The van der Waals surface area contributed by atoms with E-state index in [1.54, 1.807) is 0 Å². The van der Waals surface area contributed by atoms with Crippen molar-refractivity contribution in [2.75, 3.05) is 33.2 Å². The van der Waals surface area contributed by atoms with Gasteiger partial charge in [-0.3, -0.25) is 4.90 Å². The molecule has 2 bridgehead atoms. The first-order valence-electron chi connectivity index (χ1n) is 7.52. The number of piperidine rings is 3. The second kappa shape index (κ2) is 5.76. The summed E-state index contributed by atoms with van der Waals surface area (Å²) >= 11 is 3.50. The Labute approximate surface area is 130 Å². The van der Waals surface area contributed by atoms with Crippen LogP contribution < -0.4 is 5.73 Å². The van der Waals surface area contributed by atoms with Gasteiger partial charge in [0, 0.05) is 29.6 Å². The SMILES string of the molecule is CN(Cc1ccc(Br)cc1)C1(CN)CN2CCC1CC2. The highest BCUT2D eigenvalue weighted by atomic mass is 79.9. The summed E-state index contributed by atoms with van der Waals surface area (Å²) < 4.78 is 1.14. The Bertz CT molecular complexity index is 453. The van der Waals surface area contributed by atoms with Crippen molar-refractivity contribution in [1.82, 2.24) is 9.80 Å². The maximum atomic E-state index is 6.23. The zero-order valence-corrected chi connectivity index (χ0v) is 13.8. The summed E-state index contributed by atoms with van der Waals surface area (Å²) in [6, 6.07) is 8.64. The van der Waals surface area contributed by atoms with Gasteiger partial charge in [-0.2, -0.15) is 0 Å². The number of nitrogens with zero attached hydrogens (tertiary/aromatic N) is 2. The summed E-state index contributed by atoms with van der Waals surface area (Å²) in [5.41, 5.74) is 7.76. The molecule has 3 aliphatic rings. The maximum absolute atomic E-state index is 6.23. The lowest BCUT2D eigenvalue weighted by Gasteiger charge is -2.57. The molecule has 4 heteroatoms. The van der Waals surface area contributed by atoms with Gasteiger partial charge in [0.15, 0.2) is 0 Å². The lowest BCUT2D eigenvalue weighted by Crippen LogP contribution is -2.69. The van der Waals surface area contributed by atoms with Crippen LogP contribution in [0.5, 0.6) is 0 Å². The zero-order chi connectivity index (χ0) is 14.2. The molecule has 4 rings (SSSR count). The molecule has 0 amide bonds. The van der Waals surface area contributed by atoms with E-state index in [0.29, 0.717) is 0 Å². The summed E-state index contributed by atoms with van der Waals surface area (Å²) in [4.78, 5) is 5.09. The molecule has 1 aromatic rings. The summed E-state index contributed by atoms with van der Waals surface area (Å²) in [5.74, 6) is 0.762. The van der Waals surface area contributed by atoms with E-state index in [-0.39, 0.29) is 5.54 Å². The molecule has 3 nitrogen and oxygen atoms in total. The summed E-state index contributed by atoms with van der Waals surface area (Å²) in [6.45, 7) is 5.41. The smallest absolute Gasteiger partial charge is 0.0487 e. The number of likely N-dealkylation sites (N-methyl/N-ethyl adjacent to an activating group) is 1. The Hall–Kier alpha value is -0.420. The Morgan fingerprint density at radius 3 is 2.45 bits per heavy atom. The van der Waals surface area contributed by atoms with Crippen LogP contribution in [0.25, 0.3) is 0 Å². The quantitative estimate of drug-likeness (QED) is 0.914. The van der Waals surface area contributed by atoms with E-state index in [2.05, 4.69) is 57.0 Å². The van der Waals surface area contributed by atoms with E-state index >= 15 is 0 Å². The Morgan fingerprint density at radius 1 is 1.30 bits per heavy atom. The molecule has 0 radical (unpaired) electrons. The molecule has 20 heavy (non-hydrogen) atoms. The molecule has 3 heterocycles. The average Bonchev–Trinajstić information content (AvgIpc) is 2.50. The van der Waals surface area contributed by atoms with Crippen LogP contribution in [0.3, 0.4) is 0 Å². The molecule has 3 fully saturated rings. The number of halogens is 1. The first-order chi connectivity index (χ1) is 9.64. The van der Waals surface area contributed by atoms with Crippen molar-refractivity contribution in [3.05, 3.63) is 34.3 Å². The number of hydrogen-bond donors (Lipinski definition) is 1. The highest BCUT2D eigenvalue weighted by molar-refractivity contribution is 9.10. The van der Waals surface area contributed by atoms with E-state index in [4.69, 9.17) is 5.73 Å². The Balaban J connectivity index is 1.77. The fraction of sp³-hybridized carbons (Fsp3) is 0.625. The van der Waals surface area contributed by atoms with Crippen LogP contribution in [0.2, 0.25) is 0 Å². The number of rotatable bonds is 4. The largest absolute Gasteiger partial charge is 0.329 e. The predicted molar refractivity (Wildman–Crippen MR) is 86.6 cm³/mol. The van der Waals surface area contributed by atoms with Crippen molar-refractivity contribution < 1.29 is 0 Å². The van der Waals surface area contributed by atoms with Gasteiger partial charge in [0.2, 0.25) is 0 Å². The first kappa shape index (κ1) is 14.5. The van der Waals surface area contributed by atoms with Gasteiger partial charge in [-0.25, -0.2) is 0 Å². The van der Waals surface area contributed by atoms with Crippen molar-refractivity contribution in [1.29, 1.82) is 0 Å². The summed E-state index contributed by atoms with van der Waals surface area (Å²) in [6.07, 6.45) is 2.61. The Morgan fingerprint density at radius 2 is 1.95 bits per heavy atom. The highest BCUT2D eigenvalue weighted by Crippen LogP contribution is 2.39. The number of benzene rings is 1. The molecule has 1 atom stereocenters. The molecule has 0 spiro atoms. The van der Waals surface area contributed by atoms with Crippen LogP contribution in [-0.2, 0) is 6.54 Å².